The van der Waals surface area contributed by atoms with Crippen molar-refractivity contribution >= 4 is 5.69 Å². The van der Waals surface area contributed by atoms with Crippen LogP contribution in [-0.4, -0.2) is 37.5 Å². The highest BCUT2D eigenvalue weighted by Gasteiger charge is 2.34. The maximum Gasteiger partial charge on any atom is 0.162 e. The molecule has 1 heterocycles. The Balaban J connectivity index is 2.31. The molecule has 1 N–H and O–H groups in total. The molecule has 1 aromatic rings. The lowest BCUT2D eigenvalue weighted by Crippen LogP contribution is -2.51. The highest BCUT2D eigenvalue weighted by atomic mass is 16.5. The van der Waals surface area contributed by atoms with E-state index in [1.807, 2.05) is 18.2 Å². The molecule has 1 aliphatic rings. The molecule has 1 saturated heterocycles. The molecule has 1 fully saturated rings. The van der Waals surface area contributed by atoms with Crippen molar-refractivity contribution < 1.29 is 14.6 Å². The van der Waals surface area contributed by atoms with Crippen LogP contribution in [0.15, 0.2) is 18.2 Å². The summed E-state index contributed by atoms with van der Waals surface area (Å²) in [6.45, 7) is 5.17. The summed E-state index contributed by atoms with van der Waals surface area (Å²) in [6, 6.07) is 5.97. The van der Waals surface area contributed by atoms with E-state index in [2.05, 4.69) is 18.7 Å². The summed E-state index contributed by atoms with van der Waals surface area (Å²) < 4.78 is 10.6. The van der Waals surface area contributed by atoms with Gasteiger partial charge in [0.05, 0.1) is 20.3 Å². The van der Waals surface area contributed by atoms with Crippen LogP contribution >= 0.6 is 0 Å². The minimum absolute atomic E-state index is 0.0583. The lowest BCUT2D eigenvalue weighted by atomic mass is 9.88. The first-order chi connectivity index (χ1) is 8.97. The number of methoxy groups -OCH3 is 2. The Hall–Kier alpha value is -1.42. The third-order valence-corrected chi connectivity index (χ3v) is 3.83. The Morgan fingerprint density at radius 2 is 1.89 bits per heavy atom. The van der Waals surface area contributed by atoms with Crippen LogP contribution in [0.1, 0.15) is 26.7 Å². The number of nitrogens with zero attached hydrogens (tertiary/aromatic N) is 1. The van der Waals surface area contributed by atoms with E-state index in [0.717, 1.165) is 36.6 Å². The Morgan fingerprint density at radius 3 is 2.47 bits per heavy atom. The van der Waals surface area contributed by atoms with Gasteiger partial charge in [-0.05, 0) is 38.8 Å². The highest BCUT2D eigenvalue weighted by Crippen LogP contribution is 2.37. The molecule has 2 rings (SSSR count). The third-order valence-electron chi connectivity index (χ3n) is 3.83. The van der Waals surface area contributed by atoms with Crippen molar-refractivity contribution in [3.63, 3.8) is 0 Å². The van der Waals surface area contributed by atoms with E-state index in [1.165, 1.54) is 0 Å². The lowest BCUT2D eigenvalue weighted by molar-refractivity contribution is 0.107. The van der Waals surface area contributed by atoms with Gasteiger partial charge in [0.2, 0.25) is 0 Å². The maximum absolute atomic E-state index is 9.82. The number of rotatable bonds is 3. The number of hydrogen-bond acceptors (Lipinski definition) is 4. The predicted octanol–water partition coefficient (Wildman–Crippen LogP) is 2.44. The van der Waals surface area contributed by atoms with Crippen LogP contribution in [0.5, 0.6) is 11.5 Å². The first-order valence-corrected chi connectivity index (χ1v) is 6.65. The number of benzene rings is 1. The number of hydrogen-bond donors (Lipinski definition) is 1. The van der Waals surface area contributed by atoms with E-state index in [4.69, 9.17) is 9.47 Å². The molecule has 0 bridgehead atoms. The topological polar surface area (TPSA) is 41.9 Å². The number of anilines is 1. The van der Waals surface area contributed by atoms with Crippen molar-refractivity contribution in [2.24, 2.45) is 0 Å². The summed E-state index contributed by atoms with van der Waals surface area (Å²) in [5.74, 6) is 1.48. The summed E-state index contributed by atoms with van der Waals surface area (Å²) in [4.78, 5) is 2.32. The fourth-order valence-corrected chi connectivity index (χ4v) is 2.84. The monoisotopic (exact) mass is 265 g/mol. The average Bonchev–Trinajstić information content (AvgIpc) is 2.37. The SMILES string of the molecule is COc1ccc(N2CCC(O)CC2(C)C)cc1OC. The quantitative estimate of drug-likeness (QED) is 0.911. The van der Waals surface area contributed by atoms with E-state index in [0.29, 0.717) is 0 Å². The molecule has 0 aliphatic carbocycles. The number of aliphatic hydroxyl groups excluding tert-OH is 1. The molecule has 0 spiro atoms. The first-order valence-electron chi connectivity index (χ1n) is 6.65. The van der Waals surface area contributed by atoms with Crippen molar-refractivity contribution in [3.05, 3.63) is 18.2 Å². The highest BCUT2D eigenvalue weighted by molar-refractivity contribution is 5.58. The zero-order valence-corrected chi connectivity index (χ0v) is 12.1. The van der Waals surface area contributed by atoms with E-state index in [1.54, 1.807) is 14.2 Å². The molecular formula is C15H23NO3. The van der Waals surface area contributed by atoms with E-state index >= 15 is 0 Å². The van der Waals surface area contributed by atoms with Crippen molar-refractivity contribution in [1.82, 2.24) is 0 Å². The molecule has 1 aliphatic heterocycles. The zero-order valence-electron chi connectivity index (χ0n) is 12.1. The molecule has 0 saturated carbocycles. The summed E-state index contributed by atoms with van der Waals surface area (Å²) in [7, 11) is 3.28. The number of aliphatic hydroxyl groups is 1. The van der Waals surface area contributed by atoms with Crippen LogP contribution in [0.2, 0.25) is 0 Å². The second kappa shape index (κ2) is 5.29. The predicted molar refractivity (Wildman–Crippen MR) is 76.2 cm³/mol. The third kappa shape index (κ3) is 2.78. The lowest BCUT2D eigenvalue weighted by Gasteiger charge is -2.46. The molecule has 4 heteroatoms. The van der Waals surface area contributed by atoms with Crippen LogP contribution in [0.3, 0.4) is 0 Å². The fraction of sp³-hybridized carbons (Fsp3) is 0.600. The maximum atomic E-state index is 9.82. The zero-order chi connectivity index (χ0) is 14.0. The van der Waals surface area contributed by atoms with Gasteiger partial charge in [0.1, 0.15) is 0 Å². The largest absolute Gasteiger partial charge is 0.493 e. The van der Waals surface area contributed by atoms with Crippen molar-refractivity contribution in [2.75, 3.05) is 25.7 Å². The number of piperidine rings is 1. The minimum Gasteiger partial charge on any atom is -0.493 e. The fourth-order valence-electron chi connectivity index (χ4n) is 2.84. The van der Waals surface area contributed by atoms with Gasteiger partial charge in [-0.2, -0.15) is 0 Å². The van der Waals surface area contributed by atoms with Gasteiger partial charge < -0.3 is 19.5 Å². The van der Waals surface area contributed by atoms with Crippen LogP contribution in [0.4, 0.5) is 5.69 Å². The first kappa shape index (κ1) is 14.0. The molecule has 0 amide bonds. The molecule has 1 atom stereocenters. The summed E-state index contributed by atoms with van der Waals surface area (Å²) in [6.07, 6.45) is 1.38. The molecule has 19 heavy (non-hydrogen) atoms. The Kier molecular flexibility index (Phi) is 3.90. The van der Waals surface area contributed by atoms with Crippen molar-refractivity contribution in [2.45, 2.75) is 38.3 Å². The molecule has 0 aromatic heterocycles. The average molecular weight is 265 g/mol. The second-order valence-electron chi connectivity index (χ2n) is 5.65. The molecule has 1 aromatic carbocycles. The second-order valence-corrected chi connectivity index (χ2v) is 5.65. The van der Waals surface area contributed by atoms with Crippen LogP contribution in [0, 0.1) is 0 Å². The molecule has 1 unspecified atom stereocenters. The summed E-state index contributed by atoms with van der Waals surface area (Å²) >= 11 is 0. The molecule has 4 nitrogen and oxygen atoms in total. The van der Waals surface area contributed by atoms with Gasteiger partial charge in [-0.3, -0.25) is 0 Å². The van der Waals surface area contributed by atoms with Crippen LogP contribution in [-0.2, 0) is 0 Å². The Bertz CT molecular complexity index is 445. The molecular weight excluding hydrogens is 242 g/mol. The Labute approximate surface area is 114 Å². The smallest absolute Gasteiger partial charge is 0.162 e. The van der Waals surface area contributed by atoms with Gasteiger partial charge >= 0.3 is 0 Å². The molecule has 0 radical (unpaired) electrons. The van der Waals surface area contributed by atoms with E-state index < -0.39 is 0 Å². The minimum atomic E-state index is -0.202. The van der Waals surface area contributed by atoms with Crippen LogP contribution < -0.4 is 14.4 Å². The van der Waals surface area contributed by atoms with E-state index in [9.17, 15) is 5.11 Å². The van der Waals surface area contributed by atoms with Crippen molar-refractivity contribution in [1.29, 1.82) is 0 Å². The standard InChI is InChI=1S/C15H23NO3/c1-15(2)10-12(17)7-8-16(15)11-5-6-13(18-3)14(9-11)19-4/h5-6,9,12,17H,7-8,10H2,1-4H3. The molecule has 106 valence electrons. The van der Waals surface area contributed by atoms with Gasteiger partial charge in [-0.25, -0.2) is 0 Å². The number of ether oxygens (including phenoxy) is 2. The van der Waals surface area contributed by atoms with Crippen LogP contribution in [0.25, 0.3) is 0 Å². The van der Waals surface area contributed by atoms with Gasteiger partial charge in [0.25, 0.3) is 0 Å². The summed E-state index contributed by atoms with van der Waals surface area (Å²) in [5, 5.41) is 9.82. The Morgan fingerprint density at radius 1 is 1.21 bits per heavy atom. The normalized spacial score (nSPS) is 22.2. The van der Waals surface area contributed by atoms with Gasteiger partial charge in [-0.1, -0.05) is 0 Å². The van der Waals surface area contributed by atoms with Gasteiger partial charge in [0.15, 0.2) is 11.5 Å². The van der Waals surface area contributed by atoms with E-state index in [-0.39, 0.29) is 11.6 Å². The van der Waals surface area contributed by atoms with Gasteiger partial charge in [-0.15, -0.1) is 0 Å². The van der Waals surface area contributed by atoms with Crippen molar-refractivity contribution in [3.8, 4) is 11.5 Å². The van der Waals surface area contributed by atoms with Gasteiger partial charge in [0, 0.05) is 23.8 Å². The summed E-state index contributed by atoms with van der Waals surface area (Å²) in [5.41, 5.74) is 1.05.